The molecule has 4 nitrogen and oxygen atoms in total. The Morgan fingerprint density at radius 1 is 1.08 bits per heavy atom. The van der Waals surface area contributed by atoms with Crippen molar-refractivity contribution in [3.63, 3.8) is 0 Å². The Hall–Kier alpha value is -1.48. The molecule has 0 amide bonds. The van der Waals surface area contributed by atoms with E-state index in [0.29, 0.717) is 3.58 Å². The number of nitrogens with zero attached hydrogens (tertiary/aromatic N) is 2. The Kier molecular flexibility index (Phi) is 4.43. The molecule has 0 N–H and O–H groups in total. The maximum absolute atomic E-state index is 14.5. The normalized spacial score (nSPS) is 12.7. The van der Waals surface area contributed by atoms with Gasteiger partial charge in [0.15, 0.2) is 0 Å². The molecule has 1 aromatic carbocycles. The van der Waals surface area contributed by atoms with Gasteiger partial charge in [0.05, 0.1) is 0 Å². The summed E-state index contributed by atoms with van der Waals surface area (Å²) in [7, 11) is -3.95. The molecule has 2 aromatic heterocycles. The van der Waals surface area contributed by atoms with E-state index >= 15 is 0 Å². The molecule has 0 unspecified atom stereocenters. The molecule has 25 heavy (non-hydrogen) atoms. The molecular weight excluding hydrogens is 453 g/mol. The van der Waals surface area contributed by atoms with Crippen LogP contribution >= 0.6 is 0 Å². The van der Waals surface area contributed by atoms with Crippen LogP contribution < -0.4 is 3.58 Å². The molecule has 0 bridgehead atoms. The molecule has 8 heteroatoms. The number of hydrogen-bond acceptors (Lipinski definition) is 3. The van der Waals surface area contributed by atoms with Crippen LogP contribution in [0.1, 0.15) is 5.56 Å². The fourth-order valence-corrected chi connectivity index (χ4v) is 8.51. The van der Waals surface area contributed by atoms with Gasteiger partial charge in [0.1, 0.15) is 0 Å². The first-order chi connectivity index (χ1) is 11.5. The summed E-state index contributed by atoms with van der Waals surface area (Å²) < 4.78 is 55.8. The van der Waals surface area contributed by atoms with E-state index in [2.05, 4.69) is 4.98 Å². The van der Waals surface area contributed by atoms with Gasteiger partial charge in [-0.2, -0.15) is 0 Å². The number of aryl methyl sites for hydroxylation is 1. The molecule has 2 heterocycles. The second-order valence-electron chi connectivity index (χ2n) is 7.03. The van der Waals surface area contributed by atoms with E-state index in [9.17, 15) is 17.2 Å². The first kappa shape index (κ1) is 18.3. The van der Waals surface area contributed by atoms with Crippen molar-refractivity contribution >= 4 is 43.0 Å². The molecule has 0 radical (unpaired) electrons. The molecule has 0 aliphatic heterocycles. The van der Waals surface area contributed by atoms with Crippen molar-refractivity contribution in [1.82, 2.24) is 8.96 Å². The van der Waals surface area contributed by atoms with Crippen LogP contribution in [-0.2, 0) is 10.0 Å². The SMILES string of the molecule is Cc1ccc(S(=O)(=O)n2c[c]([Sn]([CH3])([CH3])[CH3])c3c(F)c(F)cnc32)cc1. The molecule has 132 valence electrons. The van der Waals surface area contributed by atoms with Crippen LogP contribution in [0.15, 0.2) is 41.6 Å². The Balaban J connectivity index is 2.38. The molecule has 0 spiro atoms. The van der Waals surface area contributed by atoms with Crippen LogP contribution in [0.4, 0.5) is 8.78 Å². The molecule has 0 aliphatic carbocycles. The second kappa shape index (κ2) is 6.05. The summed E-state index contributed by atoms with van der Waals surface area (Å²) in [6.45, 7) is 1.85. The van der Waals surface area contributed by atoms with Gasteiger partial charge in [0, 0.05) is 0 Å². The van der Waals surface area contributed by atoms with E-state index in [1.54, 1.807) is 12.1 Å². The standard InChI is InChI=1S/C14H9F2N2O2S.3CH3.Sn/c1-9-2-4-10(5-3-9)21(19,20)18-7-6-11-13(16)12(15)8-17-14(11)18;;;;/h2-5,7-8H,1H3;3*1H3;. The average Bonchev–Trinajstić information content (AvgIpc) is 2.92. The molecule has 3 rings (SSSR count). The zero-order chi connectivity index (χ0) is 18.6. The predicted octanol–water partition coefficient (Wildman–Crippen LogP) is 3.41. The number of hydrogen-bond donors (Lipinski definition) is 0. The molecular formula is C17H18F2N2O2SSn. The number of halogens is 2. The summed E-state index contributed by atoms with van der Waals surface area (Å²) >= 11 is -2.95. The second-order valence-corrected chi connectivity index (χ2v) is 23.2. The average molecular weight is 471 g/mol. The van der Waals surface area contributed by atoms with Crippen molar-refractivity contribution in [2.75, 3.05) is 0 Å². The zero-order valence-corrected chi connectivity index (χ0v) is 18.0. The van der Waals surface area contributed by atoms with Gasteiger partial charge in [-0.25, -0.2) is 0 Å². The van der Waals surface area contributed by atoms with Gasteiger partial charge >= 0.3 is 150 Å². The fraction of sp³-hybridized carbons (Fsp3) is 0.235. The summed E-state index contributed by atoms with van der Waals surface area (Å²) in [6.07, 6.45) is 2.15. The first-order valence-electron chi connectivity index (χ1n) is 7.71. The van der Waals surface area contributed by atoms with E-state index in [1.165, 1.54) is 18.3 Å². The van der Waals surface area contributed by atoms with Gasteiger partial charge < -0.3 is 0 Å². The van der Waals surface area contributed by atoms with Gasteiger partial charge in [0.25, 0.3) is 0 Å². The van der Waals surface area contributed by atoms with Crippen LogP contribution in [0.3, 0.4) is 0 Å². The summed E-state index contributed by atoms with van der Waals surface area (Å²) in [5.41, 5.74) is 0.857. The van der Waals surface area contributed by atoms with Crippen molar-refractivity contribution in [1.29, 1.82) is 0 Å². The third-order valence-electron chi connectivity index (χ3n) is 4.06. The molecule has 0 atom stereocenters. The zero-order valence-electron chi connectivity index (χ0n) is 14.3. The van der Waals surface area contributed by atoms with E-state index in [1.807, 2.05) is 21.7 Å². The Labute approximate surface area is 149 Å². The van der Waals surface area contributed by atoms with Gasteiger partial charge in [0.2, 0.25) is 0 Å². The van der Waals surface area contributed by atoms with Gasteiger partial charge in [-0.15, -0.1) is 0 Å². The number of fused-ring (bicyclic) bond motifs is 1. The van der Waals surface area contributed by atoms with E-state index in [0.717, 1.165) is 15.7 Å². The van der Waals surface area contributed by atoms with Crippen molar-refractivity contribution in [2.24, 2.45) is 0 Å². The number of rotatable bonds is 3. The summed E-state index contributed by atoms with van der Waals surface area (Å²) in [5, 5.41) is -0.0148. The number of pyridine rings is 1. The van der Waals surface area contributed by atoms with Gasteiger partial charge in [-0.3, -0.25) is 0 Å². The minimum atomic E-state index is -3.95. The predicted molar refractivity (Wildman–Crippen MR) is 96.4 cm³/mol. The third kappa shape index (κ3) is 3.08. The minimum absolute atomic E-state index is 0.0148. The van der Waals surface area contributed by atoms with E-state index < -0.39 is 40.0 Å². The summed E-state index contributed by atoms with van der Waals surface area (Å²) in [4.78, 5) is 10.00. The Bertz CT molecular complexity index is 1070. The molecule has 3 aromatic rings. The van der Waals surface area contributed by atoms with Gasteiger partial charge in [-0.05, 0) is 0 Å². The summed E-state index contributed by atoms with van der Waals surface area (Å²) in [6, 6.07) is 6.37. The molecule has 0 aliphatic rings. The number of aromatic nitrogens is 2. The molecule has 0 saturated carbocycles. The van der Waals surface area contributed by atoms with Crippen molar-refractivity contribution in [2.45, 2.75) is 26.6 Å². The molecule has 0 saturated heterocycles. The Morgan fingerprint density at radius 2 is 1.68 bits per heavy atom. The van der Waals surface area contributed by atoms with Crippen molar-refractivity contribution < 1.29 is 17.2 Å². The summed E-state index contributed by atoms with van der Waals surface area (Å²) in [5.74, 6) is -2.11. The number of benzene rings is 1. The quantitative estimate of drug-likeness (QED) is 0.551. The van der Waals surface area contributed by atoms with Crippen LogP contribution in [0.5, 0.6) is 0 Å². The van der Waals surface area contributed by atoms with Crippen LogP contribution in [0.25, 0.3) is 11.0 Å². The maximum atomic E-state index is 14.5. The Morgan fingerprint density at radius 3 is 2.24 bits per heavy atom. The third-order valence-corrected chi connectivity index (χ3v) is 11.4. The monoisotopic (exact) mass is 472 g/mol. The van der Waals surface area contributed by atoms with Gasteiger partial charge in [-0.1, -0.05) is 0 Å². The van der Waals surface area contributed by atoms with Crippen LogP contribution in [-0.4, -0.2) is 35.8 Å². The first-order valence-corrected chi connectivity index (χ1v) is 19.1. The fourth-order valence-electron chi connectivity index (χ4n) is 2.68. The van der Waals surface area contributed by atoms with E-state index in [-0.39, 0.29) is 15.9 Å². The van der Waals surface area contributed by atoms with E-state index in [4.69, 9.17) is 0 Å². The van der Waals surface area contributed by atoms with Crippen LogP contribution in [0, 0.1) is 18.6 Å². The van der Waals surface area contributed by atoms with Crippen molar-refractivity contribution in [3.05, 3.63) is 53.9 Å². The van der Waals surface area contributed by atoms with Crippen molar-refractivity contribution in [3.8, 4) is 0 Å². The topological polar surface area (TPSA) is 52.0 Å². The molecule has 0 fully saturated rings. The van der Waals surface area contributed by atoms with Crippen LogP contribution in [0.2, 0.25) is 14.8 Å².